The molecule has 1 aromatic heterocycles. The molecule has 4 aromatic carbocycles. The monoisotopic (exact) mass is 398 g/mol. The number of phenolic OH excluding ortho intramolecular Hbond substituents is 1. The fourth-order valence-corrected chi connectivity index (χ4v) is 4.56. The van der Waals surface area contributed by atoms with Gasteiger partial charge in [-0.2, -0.15) is 0 Å². The highest BCUT2D eigenvalue weighted by atomic mass is 32.2. The number of phenols is 1. The minimum absolute atomic E-state index is 0.00165. The van der Waals surface area contributed by atoms with Crippen molar-refractivity contribution < 1.29 is 10.0 Å². The van der Waals surface area contributed by atoms with Gasteiger partial charge in [-0.25, -0.2) is 4.98 Å². The van der Waals surface area contributed by atoms with Crippen LogP contribution in [0.5, 0.6) is 5.75 Å². The maximum atomic E-state index is 11.8. The van der Waals surface area contributed by atoms with Crippen LogP contribution < -0.4 is 0 Å². The number of non-ortho nitro benzene ring substituents is 1. The number of benzene rings is 4. The molecule has 0 radical (unpaired) electrons. The number of rotatable bonds is 3. The van der Waals surface area contributed by atoms with Crippen LogP contribution in [-0.2, 0) is 0 Å². The second-order valence-electron chi connectivity index (χ2n) is 6.66. The Morgan fingerprint density at radius 3 is 2.38 bits per heavy atom. The summed E-state index contributed by atoms with van der Waals surface area (Å²) >= 11 is 1.31. The van der Waals surface area contributed by atoms with Gasteiger partial charge in [0.2, 0.25) is 0 Å². The summed E-state index contributed by atoms with van der Waals surface area (Å²) in [5.74, 6) is 0.00165. The largest absolute Gasteiger partial charge is 0.506 e. The van der Waals surface area contributed by atoms with Gasteiger partial charge in [-0.1, -0.05) is 66.4 Å². The number of para-hydroxylation sites is 1. The maximum absolute atomic E-state index is 11.8. The Morgan fingerprint density at radius 1 is 0.828 bits per heavy atom. The molecule has 1 heterocycles. The summed E-state index contributed by atoms with van der Waals surface area (Å²) in [6, 6.07) is 24.4. The second-order valence-corrected chi connectivity index (χ2v) is 7.74. The number of nitro groups is 1. The van der Waals surface area contributed by atoms with Gasteiger partial charge in [0.1, 0.15) is 5.75 Å². The fourth-order valence-electron chi connectivity index (χ4n) is 3.51. The number of aromatic nitrogens is 1. The summed E-state index contributed by atoms with van der Waals surface area (Å²) in [6.45, 7) is 0. The highest BCUT2D eigenvalue weighted by molar-refractivity contribution is 7.99. The van der Waals surface area contributed by atoms with Crippen molar-refractivity contribution in [1.82, 2.24) is 4.98 Å². The minimum atomic E-state index is -0.448. The van der Waals surface area contributed by atoms with Crippen molar-refractivity contribution >= 4 is 50.0 Å². The Labute approximate surface area is 169 Å². The van der Waals surface area contributed by atoms with Crippen molar-refractivity contribution in [2.24, 2.45) is 0 Å². The van der Waals surface area contributed by atoms with Crippen molar-refractivity contribution in [1.29, 1.82) is 0 Å². The standard InChI is InChI=1S/C23H14N2O3S/c26-23-17-12-15-7-2-4-10-18(15)24-22(17)19(25(27)28)13-21(23)29-20-11-5-8-14-6-1-3-9-16(14)20/h1-13,26H. The average molecular weight is 398 g/mol. The molecule has 0 fully saturated rings. The van der Waals surface area contributed by atoms with Gasteiger partial charge in [-0.3, -0.25) is 10.1 Å². The van der Waals surface area contributed by atoms with Gasteiger partial charge < -0.3 is 5.11 Å². The average Bonchev–Trinajstić information content (AvgIpc) is 2.74. The van der Waals surface area contributed by atoms with Crippen molar-refractivity contribution in [2.45, 2.75) is 9.79 Å². The van der Waals surface area contributed by atoms with E-state index >= 15 is 0 Å². The second kappa shape index (κ2) is 6.76. The molecule has 0 saturated heterocycles. The Kier molecular flexibility index (Phi) is 4.07. The number of nitrogens with zero attached hydrogens (tertiary/aromatic N) is 2. The van der Waals surface area contributed by atoms with E-state index in [1.54, 1.807) is 12.1 Å². The molecule has 5 nitrogen and oxygen atoms in total. The van der Waals surface area contributed by atoms with Gasteiger partial charge in [0.15, 0.2) is 5.52 Å². The molecule has 6 heteroatoms. The highest BCUT2D eigenvalue weighted by Crippen LogP contribution is 2.44. The van der Waals surface area contributed by atoms with Crippen LogP contribution in [0.4, 0.5) is 5.69 Å². The van der Waals surface area contributed by atoms with Crippen LogP contribution in [0.2, 0.25) is 0 Å². The molecule has 5 aromatic rings. The van der Waals surface area contributed by atoms with Crippen LogP contribution in [0, 0.1) is 10.1 Å². The summed E-state index contributed by atoms with van der Waals surface area (Å²) in [7, 11) is 0. The van der Waals surface area contributed by atoms with Gasteiger partial charge in [-0.05, 0) is 29.0 Å². The highest BCUT2D eigenvalue weighted by Gasteiger charge is 2.22. The normalized spacial score (nSPS) is 11.3. The number of hydrogen-bond acceptors (Lipinski definition) is 5. The predicted octanol–water partition coefficient (Wildman–Crippen LogP) is 6.31. The van der Waals surface area contributed by atoms with E-state index in [1.807, 2.05) is 60.7 Å². The third kappa shape index (κ3) is 2.94. The van der Waals surface area contributed by atoms with Crippen LogP contribution >= 0.6 is 11.8 Å². The Bertz CT molecular complexity index is 1430. The molecule has 0 saturated carbocycles. The zero-order valence-corrected chi connectivity index (χ0v) is 15.9. The van der Waals surface area contributed by atoms with E-state index in [9.17, 15) is 15.2 Å². The molecule has 0 atom stereocenters. The summed E-state index contributed by atoms with van der Waals surface area (Å²) in [6.07, 6.45) is 0. The molecule has 0 amide bonds. The fraction of sp³-hybridized carbons (Fsp3) is 0. The Morgan fingerprint density at radius 2 is 1.55 bits per heavy atom. The van der Waals surface area contributed by atoms with E-state index in [-0.39, 0.29) is 17.0 Å². The van der Waals surface area contributed by atoms with Crippen molar-refractivity contribution in [3.8, 4) is 5.75 Å². The molecule has 5 rings (SSSR count). The summed E-state index contributed by atoms with van der Waals surface area (Å²) in [4.78, 5) is 17.1. The lowest BCUT2D eigenvalue weighted by molar-refractivity contribution is -0.383. The van der Waals surface area contributed by atoms with E-state index in [1.165, 1.54) is 17.8 Å². The SMILES string of the molecule is O=[N+]([O-])c1cc(Sc2cccc3ccccc23)c(O)c2cc3ccccc3nc12. The van der Waals surface area contributed by atoms with Gasteiger partial charge in [-0.15, -0.1) is 0 Å². The van der Waals surface area contributed by atoms with Crippen LogP contribution in [0.15, 0.2) is 88.7 Å². The lowest BCUT2D eigenvalue weighted by Gasteiger charge is -2.11. The molecule has 29 heavy (non-hydrogen) atoms. The van der Waals surface area contributed by atoms with Gasteiger partial charge in [0, 0.05) is 16.3 Å². The van der Waals surface area contributed by atoms with Crippen LogP contribution in [-0.4, -0.2) is 15.0 Å². The first kappa shape index (κ1) is 17.5. The number of pyridine rings is 1. The van der Waals surface area contributed by atoms with E-state index < -0.39 is 4.92 Å². The van der Waals surface area contributed by atoms with E-state index in [4.69, 9.17) is 0 Å². The molecule has 0 bridgehead atoms. The summed E-state index contributed by atoms with van der Waals surface area (Å²) in [5, 5.41) is 26.0. The molecule has 0 aliphatic heterocycles. The van der Waals surface area contributed by atoms with Crippen LogP contribution in [0.3, 0.4) is 0 Å². The molecule has 0 aliphatic carbocycles. The third-order valence-corrected chi connectivity index (χ3v) is 6.00. The summed E-state index contributed by atoms with van der Waals surface area (Å²) < 4.78 is 0. The lowest BCUT2D eigenvalue weighted by atomic mass is 10.1. The Balaban J connectivity index is 1.76. The minimum Gasteiger partial charge on any atom is -0.506 e. The number of aromatic hydroxyl groups is 1. The zero-order chi connectivity index (χ0) is 20.0. The van der Waals surface area contributed by atoms with E-state index in [0.29, 0.717) is 15.8 Å². The number of nitro benzene ring substituents is 1. The van der Waals surface area contributed by atoms with Gasteiger partial charge in [0.25, 0.3) is 5.69 Å². The zero-order valence-electron chi connectivity index (χ0n) is 15.1. The third-order valence-electron chi connectivity index (χ3n) is 4.89. The lowest BCUT2D eigenvalue weighted by Crippen LogP contribution is -1.94. The quantitative estimate of drug-likeness (QED) is 0.219. The van der Waals surface area contributed by atoms with Crippen LogP contribution in [0.1, 0.15) is 0 Å². The van der Waals surface area contributed by atoms with Crippen molar-refractivity contribution in [2.75, 3.05) is 0 Å². The molecule has 0 aliphatic rings. The molecule has 140 valence electrons. The van der Waals surface area contributed by atoms with Crippen molar-refractivity contribution in [3.05, 3.63) is 89.0 Å². The predicted molar refractivity (Wildman–Crippen MR) is 116 cm³/mol. The van der Waals surface area contributed by atoms with E-state index in [0.717, 1.165) is 21.1 Å². The first-order valence-electron chi connectivity index (χ1n) is 8.97. The van der Waals surface area contributed by atoms with Gasteiger partial charge >= 0.3 is 0 Å². The smallest absolute Gasteiger partial charge is 0.296 e. The number of fused-ring (bicyclic) bond motifs is 3. The maximum Gasteiger partial charge on any atom is 0.296 e. The van der Waals surface area contributed by atoms with E-state index in [2.05, 4.69) is 4.98 Å². The van der Waals surface area contributed by atoms with Crippen LogP contribution in [0.25, 0.3) is 32.6 Å². The molecular formula is C23H14N2O3S. The summed E-state index contributed by atoms with van der Waals surface area (Å²) in [5.41, 5.74) is 0.719. The number of hydrogen-bond donors (Lipinski definition) is 1. The van der Waals surface area contributed by atoms with Gasteiger partial charge in [0.05, 0.1) is 20.7 Å². The molecular weight excluding hydrogens is 384 g/mol. The molecule has 1 N–H and O–H groups in total. The van der Waals surface area contributed by atoms with Crippen molar-refractivity contribution in [3.63, 3.8) is 0 Å². The Hall–Kier alpha value is -3.64. The first-order valence-corrected chi connectivity index (χ1v) is 9.79. The molecule has 0 unspecified atom stereocenters. The molecule has 0 spiro atoms. The topological polar surface area (TPSA) is 76.3 Å². The first-order chi connectivity index (χ1) is 14.1.